The number of piperidine rings is 1. The van der Waals surface area contributed by atoms with Crippen LogP contribution in [0, 0.1) is 0 Å². The lowest BCUT2D eigenvalue weighted by Crippen LogP contribution is -2.46. The summed E-state index contributed by atoms with van der Waals surface area (Å²) in [6.07, 6.45) is 3.73. The molecule has 0 aromatic heterocycles. The second kappa shape index (κ2) is 5.79. The van der Waals surface area contributed by atoms with Crippen LogP contribution in [0.15, 0.2) is 0 Å². The highest BCUT2D eigenvalue weighted by molar-refractivity contribution is 7.87. The molecule has 15 heavy (non-hydrogen) atoms. The minimum Gasteiger partial charge on any atom is -0.330 e. The zero-order valence-corrected chi connectivity index (χ0v) is 10.1. The normalized spacial score (nSPS) is 21.5. The van der Waals surface area contributed by atoms with Gasteiger partial charge in [0.25, 0.3) is 10.2 Å². The van der Waals surface area contributed by atoms with Gasteiger partial charge in [-0.15, -0.1) is 0 Å². The molecular weight excluding hydrogens is 214 g/mol. The third-order valence-electron chi connectivity index (χ3n) is 2.60. The van der Waals surface area contributed by atoms with Gasteiger partial charge in [0.2, 0.25) is 0 Å². The first-order chi connectivity index (χ1) is 7.06. The van der Waals surface area contributed by atoms with Gasteiger partial charge >= 0.3 is 0 Å². The van der Waals surface area contributed by atoms with Gasteiger partial charge in [0, 0.05) is 19.1 Å². The summed E-state index contributed by atoms with van der Waals surface area (Å²) in [7, 11) is -3.28. The first-order valence-corrected chi connectivity index (χ1v) is 6.98. The molecule has 1 heterocycles. The molecule has 0 aromatic carbocycles. The van der Waals surface area contributed by atoms with Crippen LogP contribution in [0.25, 0.3) is 0 Å². The third kappa shape index (κ3) is 4.06. The topological polar surface area (TPSA) is 75.4 Å². The zero-order valence-electron chi connectivity index (χ0n) is 9.28. The van der Waals surface area contributed by atoms with Gasteiger partial charge in [0.15, 0.2) is 0 Å². The summed E-state index contributed by atoms with van der Waals surface area (Å²) in [5, 5.41) is 0. The highest BCUT2D eigenvalue weighted by Crippen LogP contribution is 2.12. The van der Waals surface area contributed by atoms with Crippen molar-refractivity contribution in [3.8, 4) is 0 Å². The molecule has 1 aliphatic heterocycles. The Hall–Kier alpha value is -0.170. The van der Waals surface area contributed by atoms with Crippen molar-refractivity contribution < 1.29 is 8.42 Å². The largest absolute Gasteiger partial charge is 0.330 e. The van der Waals surface area contributed by atoms with Crippen molar-refractivity contribution in [1.82, 2.24) is 9.03 Å². The molecule has 0 amide bonds. The van der Waals surface area contributed by atoms with E-state index in [0.717, 1.165) is 19.3 Å². The summed E-state index contributed by atoms with van der Waals surface area (Å²) >= 11 is 0. The molecule has 0 aromatic rings. The maximum atomic E-state index is 11.8. The summed E-state index contributed by atoms with van der Waals surface area (Å²) in [5.41, 5.74) is 5.38. The van der Waals surface area contributed by atoms with Gasteiger partial charge in [0.1, 0.15) is 0 Å². The number of nitrogens with two attached hydrogens (primary N) is 1. The van der Waals surface area contributed by atoms with Crippen LogP contribution in [-0.4, -0.2) is 38.4 Å². The van der Waals surface area contributed by atoms with Crippen LogP contribution in [0.1, 0.15) is 32.6 Å². The highest BCUT2D eigenvalue weighted by Gasteiger charge is 2.24. The maximum absolute atomic E-state index is 11.8. The Balaban J connectivity index is 2.49. The van der Waals surface area contributed by atoms with Crippen molar-refractivity contribution in [1.29, 1.82) is 0 Å². The van der Waals surface area contributed by atoms with E-state index in [4.69, 9.17) is 5.73 Å². The van der Waals surface area contributed by atoms with Crippen LogP contribution < -0.4 is 10.5 Å². The van der Waals surface area contributed by atoms with E-state index in [1.165, 1.54) is 4.31 Å². The molecule has 0 saturated carbocycles. The fourth-order valence-electron chi connectivity index (χ4n) is 1.74. The lowest BCUT2D eigenvalue weighted by Gasteiger charge is -2.27. The second-order valence-corrected chi connectivity index (χ2v) is 5.76. The minimum absolute atomic E-state index is 0.0815. The summed E-state index contributed by atoms with van der Waals surface area (Å²) in [6.45, 7) is 3.63. The highest BCUT2D eigenvalue weighted by atomic mass is 32.2. The van der Waals surface area contributed by atoms with Crippen molar-refractivity contribution in [2.45, 2.75) is 38.6 Å². The van der Waals surface area contributed by atoms with Crippen molar-refractivity contribution in [3.05, 3.63) is 0 Å². The summed E-state index contributed by atoms with van der Waals surface area (Å²) < 4.78 is 27.9. The van der Waals surface area contributed by atoms with Crippen molar-refractivity contribution in [3.63, 3.8) is 0 Å². The van der Waals surface area contributed by atoms with Gasteiger partial charge in [-0.2, -0.15) is 17.4 Å². The van der Waals surface area contributed by atoms with Crippen LogP contribution in [0.5, 0.6) is 0 Å². The van der Waals surface area contributed by atoms with Crippen LogP contribution in [-0.2, 0) is 10.2 Å². The van der Waals surface area contributed by atoms with Gasteiger partial charge in [-0.25, -0.2) is 0 Å². The lowest BCUT2D eigenvalue weighted by atomic mass is 10.2. The first kappa shape index (κ1) is 12.9. The fourth-order valence-corrected chi connectivity index (χ4v) is 3.26. The van der Waals surface area contributed by atoms with Gasteiger partial charge in [-0.05, 0) is 32.7 Å². The predicted octanol–water partition coefficient (Wildman–Crippen LogP) is 0.0440. The van der Waals surface area contributed by atoms with Gasteiger partial charge in [-0.3, -0.25) is 0 Å². The Morgan fingerprint density at radius 2 is 1.93 bits per heavy atom. The molecular formula is C9H21N3O2S. The van der Waals surface area contributed by atoms with Gasteiger partial charge in [0.05, 0.1) is 0 Å². The first-order valence-electron chi connectivity index (χ1n) is 5.54. The SMILES string of the molecule is CC(CCN)NS(=O)(=O)N1CCCCC1. The average Bonchev–Trinajstić information content (AvgIpc) is 2.18. The van der Waals surface area contributed by atoms with Crippen molar-refractivity contribution >= 4 is 10.2 Å². The van der Waals surface area contributed by atoms with Crippen LogP contribution in [0.4, 0.5) is 0 Å². The van der Waals surface area contributed by atoms with Crippen molar-refractivity contribution in [2.75, 3.05) is 19.6 Å². The maximum Gasteiger partial charge on any atom is 0.279 e. The molecule has 0 spiro atoms. The molecule has 1 atom stereocenters. The molecule has 1 aliphatic rings. The van der Waals surface area contributed by atoms with E-state index >= 15 is 0 Å². The molecule has 1 unspecified atom stereocenters. The third-order valence-corrected chi connectivity index (χ3v) is 4.35. The van der Waals surface area contributed by atoms with E-state index in [0.29, 0.717) is 26.1 Å². The Kier molecular flexibility index (Phi) is 4.98. The number of hydrogen-bond acceptors (Lipinski definition) is 3. The Morgan fingerprint density at radius 3 is 2.47 bits per heavy atom. The smallest absolute Gasteiger partial charge is 0.279 e. The molecule has 90 valence electrons. The standard InChI is InChI=1S/C9H21N3O2S/c1-9(5-6-10)11-15(13,14)12-7-3-2-4-8-12/h9,11H,2-8,10H2,1H3. The molecule has 0 bridgehead atoms. The number of hydrogen-bond donors (Lipinski definition) is 2. The van der Waals surface area contributed by atoms with E-state index in [-0.39, 0.29) is 6.04 Å². The quantitative estimate of drug-likeness (QED) is 0.706. The molecule has 6 heteroatoms. The molecule has 1 rings (SSSR count). The summed E-state index contributed by atoms with van der Waals surface area (Å²) in [4.78, 5) is 0. The van der Waals surface area contributed by atoms with E-state index in [9.17, 15) is 8.42 Å². The van der Waals surface area contributed by atoms with Crippen LogP contribution in [0.3, 0.4) is 0 Å². The van der Waals surface area contributed by atoms with E-state index < -0.39 is 10.2 Å². The molecule has 1 fully saturated rings. The molecule has 5 nitrogen and oxygen atoms in total. The van der Waals surface area contributed by atoms with E-state index in [1.807, 2.05) is 6.92 Å². The summed E-state index contributed by atoms with van der Waals surface area (Å²) in [6, 6.07) is -0.0815. The van der Waals surface area contributed by atoms with Crippen molar-refractivity contribution in [2.24, 2.45) is 5.73 Å². The Morgan fingerprint density at radius 1 is 1.33 bits per heavy atom. The molecule has 3 N–H and O–H groups in total. The van der Waals surface area contributed by atoms with Gasteiger partial charge < -0.3 is 5.73 Å². The molecule has 1 saturated heterocycles. The molecule has 0 aliphatic carbocycles. The lowest BCUT2D eigenvalue weighted by molar-refractivity contribution is 0.338. The predicted molar refractivity (Wildman–Crippen MR) is 60.6 cm³/mol. The number of nitrogens with zero attached hydrogens (tertiary/aromatic N) is 1. The number of nitrogens with one attached hydrogen (secondary N) is 1. The van der Waals surface area contributed by atoms with Gasteiger partial charge in [-0.1, -0.05) is 6.42 Å². The average molecular weight is 235 g/mol. The monoisotopic (exact) mass is 235 g/mol. The molecule has 0 radical (unpaired) electrons. The summed E-state index contributed by atoms with van der Waals surface area (Å²) in [5.74, 6) is 0. The Bertz CT molecular complexity index is 273. The van der Waals surface area contributed by atoms with E-state index in [2.05, 4.69) is 4.72 Å². The number of rotatable bonds is 5. The second-order valence-electron chi connectivity index (χ2n) is 4.06. The van der Waals surface area contributed by atoms with Crippen LogP contribution in [0.2, 0.25) is 0 Å². The minimum atomic E-state index is -3.28. The van der Waals surface area contributed by atoms with E-state index in [1.54, 1.807) is 0 Å². The fraction of sp³-hybridized carbons (Fsp3) is 1.00. The van der Waals surface area contributed by atoms with Crippen LogP contribution >= 0.6 is 0 Å². The Labute approximate surface area is 92.2 Å². The zero-order chi connectivity index (χ0) is 11.3.